The van der Waals surface area contributed by atoms with Gasteiger partial charge in [0.1, 0.15) is 0 Å². The Bertz CT molecular complexity index is 514. The second kappa shape index (κ2) is 6.23. The van der Waals surface area contributed by atoms with Crippen LogP contribution in [0.2, 0.25) is 0 Å². The van der Waals surface area contributed by atoms with Gasteiger partial charge in [0.05, 0.1) is 0 Å². The molecule has 1 atom stereocenters. The molecule has 0 bridgehead atoms. The van der Waals surface area contributed by atoms with Gasteiger partial charge in [-0.3, -0.25) is 0 Å². The zero-order valence-corrected chi connectivity index (χ0v) is 12.6. The van der Waals surface area contributed by atoms with Crippen LogP contribution in [0.3, 0.4) is 0 Å². The highest BCUT2D eigenvalue weighted by molar-refractivity contribution is 5.85. The van der Waals surface area contributed by atoms with Crippen LogP contribution in [0.4, 0.5) is 0 Å². The summed E-state index contributed by atoms with van der Waals surface area (Å²) in [6, 6.07) is 19.0. The maximum atomic E-state index is 6.27. The van der Waals surface area contributed by atoms with E-state index >= 15 is 0 Å². The molecular formula is C17H22ClN. The molecule has 1 unspecified atom stereocenters. The molecule has 2 aromatic rings. The molecule has 0 aliphatic rings. The third kappa shape index (κ3) is 3.59. The number of hydrogen-bond donors (Lipinski definition) is 1. The van der Waals surface area contributed by atoms with Crippen LogP contribution >= 0.6 is 12.4 Å². The molecule has 0 radical (unpaired) electrons. The highest BCUT2D eigenvalue weighted by Crippen LogP contribution is 2.31. The van der Waals surface area contributed by atoms with E-state index in [1.807, 2.05) is 0 Å². The molecule has 0 heterocycles. The predicted octanol–water partition coefficient (Wildman–Crippen LogP) is 4.45. The zero-order chi connectivity index (χ0) is 13.2. The molecule has 0 spiro atoms. The lowest BCUT2D eigenvalue weighted by atomic mass is 9.83. The normalized spacial score (nSPS) is 12.6. The molecule has 0 aliphatic heterocycles. The van der Waals surface area contributed by atoms with Gasteiger partial charge < -0.3 is 5.73 Å². The summed E-state index contributed by atoms with van der Waals surface area (Å²) in [6.45, 7) is 6.35. The van der Waals surface area contributed by atoms with Gasteiger partial charge in [-0.25, -0.2) is 0 Å². The van der Waals surface area contributed by atoms with E-state index in [9.17, 15) is 0 Å². The van der Waals surface area contributed by atoms with E-state index in [1.54, 1.807) is 0 Å². The Morgan fingerprint density at radius 3 is 2.00 bits per heavy atom. The van der Waals surface area contributed by atoms with Crippen molar-refractivity contribution < 1.29 is 0 Å². The number of halogens is 1. The van der Waals surface area contributed by atoms with Gasteiger partial charge in [-0.15, -0.1) is 12.4 Å². The van der Waals surface area contributed by atoms with E-state index in [2.05, 4.69) is 75.4 Å². The molecular weight excluding hydrogens is 254 g/mol. The van der Waals surface area contributed by atoms with E-state index in [1.165, 1.54) is 16.7 Å². The smallest absolute Gasteiger partial charge is 0.0355 e. The van der Waals surface area contributed by atoms with Crippen molar-refractivity contribution in [3.8, 4) is 0 Å². The summed E-state index contributed by atoms with van der Waals surface area (Å²) >= 11 is 0. The standard InChI is InChI=1S/C17H21N.ClH/c1-13(14-9-5-4-6-10-14)15-11-7-8-12-16(15)17(2,3)18;/h4-13H,18H2,1-3H3;1H. The SMILES string of the molecule is CC(c1ccccc1)c1ccccc1C(C)(C)N.Cl. The van der Waals surface area contributed by atoms with Crippen molar-refractivity contribution in [2.24, 2.45) is 5.73 Å². The molecule has 1 nitrogen and oxygen atoms in total. The predicted molar refractivity (Wildman–Crippen MR) is 84.9 cm³/mol. The molecule has 19 heavy (non-hydrogen) atoms. The molecule has 102 valence electrons. The van der Waals surface area contributed by atoms with Crippen molar-refractivity contribution in [2.75, 3.05) is 0 Å². The summed E-state index contributed by atoms with van der Waals surface area (Å²) in [5, 5.41) is 0. The first-order valence-electron chi connectivity index (χ1n) is 6.43. The Morgan fingerprint density at radius 2 is 1.42 bits per heavy atom. The highest BCUT2D eigenvalue weighted by Gasteiger charge is 2.21. The van der Waals surface area contributed by atoms with E-state index in [4.69, 9.17) is 5.73 Å². The number of hydrogen-bond acceptors (Lipinski definition) is 1. The topological polar surface area (TPSA) is 26.0 Å². The zero-order valence-electron chi connectivity index (χ0n) is 11.8. The van der Waals surface area contributed by atoms with Gasteiger partial charge in [-0.05, 0) is 30.5 Å². The minimum absolute atomic E-state index is 0. The molecule has 2 heteroatoms. The summed E-state index contributed by atoms with van der Waals surface area (Å²) in [7, 11) is 0. The van der Waals surface area contributed by atoms with Gasteiger partial charge in [0, 0.05) is 11.5 Å². The molecule has 2 N–H and O–H groups in total. The van der Waals surface area contributed by atoms with E-state index in [-0.39, 0.29) is 17.9 Å². The summed E-state index contributed by atoms with van der Waals surface area (Å²) in [5.41, 5.74) is 9.83. The van der Waals surface area contributed by atoms with Crippen LogP contribution < -0.4 is 5.73 Å². The van der Waals surface area contributed by atoms with Crippen molar-refractivity contribution >= 4 is 12.4 Å². The highest BCUT2D eigenvalue weighted by atomic mass is 35.5. The van der Waals surface area contributed by atoms with Gasteiger partial charge in [-0.1, -0.05) is 61.5 Å². The maximum absolute atomic E-state index is 6.27. The summed E-state index contributed by atoms with van der Waals surface area (Å²) in [6.07, 6.45) is 0. The number of nitrogens with two attached hydrogens (primary N) is 1. The van der Waals surface area contributed by atoms with Crippen molar-refractivity contribution in [2.45, 2.75) is 32.2 Å². The molecule has 0 saturated heterocycles. The third-order valence-electron chi connectivity index (χ3n) is 3.42. The fourth-order valence-electron chi connectivity index (χ4n) is 2.38. The maximum Gasteiger partial charge on any atom is 0.0355 e. The van der Waals surface area contributed by atoms with Crippen LogP contribution in [-0.4, -0.2) is 0 Å². The van der Waals surface area contributed by atoms with Gasteiger partial charge in [0.2, 0.25) is 0 Å². The minimum atomic E-state index is -0.306. The number of rotatable bonds is 3. The lowest BCUT2D eigenvalue weighted by Gasteiger charge is -2.26. The lowest BCUT2D eigenvalue weighted by Crippen LogP contribution is -2.30. The van der Waals surface area contributed by atoms with Crippen molar-refractivity contribution in [1.29, 1.82) is 0 Å². The van der Waals surface area contributed by atoms with Crippen molar-refractivity contribution in [1.82, 2.24) is 0 Å². The summed E-state index contributed by atoms with van der Waals surface area (Å²) in [4.78, 5) is 0. The van der Waals surface area contributed by atoms with Crippen LogP contribution in [0.25, 0.3) is 0 Å². The third-order valence-corrected chi connectivity index (χ3v) is 3.42. The van der Waals surface area contributed by atoms with Crippen LogP contribution in [0.5, 0.6) is 0 Å². The Balaban J connectivity index is 0.00000180. The van der Waals surface area contributed by atoms with Crippen molar-refractivity contribution in [3.05, 3.63) is 71.3 Å². The molecule has 0 amide bonds. The van der Waals surface area contributed by atoms with Crippen LogP contribution in [0, 0.1) is 0 Å². The fraction of sp³-hybridized carbons (Fsp3) is 0.294. The molecule has 0 fully saturated rings. The van der Waals surface area contributed by atoms with E-state index < -0.39 is 0 Å². The Kier molecular flexibility index (Phi) is 5.16. The Labute approximate surface area is 122 Å². The average molecular weight is 276 g/mol. The van der Waals surface area contributed by atoms with Crippen molar-refractivity contribution in [3.63, 3.8) is 0 Å². The first kappa shape index (κ1) is 15.7. The van der Waals surface area contributed by atoms with E-state index in [0.717, 1.165) is 0 Å². The molecule has 0 aliphatic carbocycles. The second-order valence-electron chi connectivity index (χ2n) is 5.44. The Hall–Kier alpha value is -1.31. The summed E-state index contributed by atoms with van der Waals surface area (Å²) in [5.74, 6) is 0.366. The minimum Gasteiger partial charge on any atom is -0.322 e. The van der Waals surface area contributed by atoms with Gasteiger partial charge in [0.25, 0.3) is 0 Å². The molecule has 2 aromatic carbocycles. The first-order valence-corrected chi connectivity index (χ1v) is 6.43. The van der Waals surface area contributed by atoms with Gasteiger partial charge in [-0.2, -0.15) is 0 Å². The van der Waals surface area contributed by atoms with Gasteiger partial charge in [0.15, 0.2) is 0 Å². The lowest BCUT2D eigenvalue weighted by molar-refractivity contribution is 0.545. The van der Waals surface area contributed by atoms with Crippen LogP contribution in [0.15, 0.2) is 54.6 Å². The second-order valence-corrected chi connectivity index (χ2v) is 5.44. The van der Waals surface area contributed by atoms with Crippen LogP contribution in [0.1, 0.15) is 43.4 Å². The summed E-state index contributed by atoms with van der Waals surface area (Å²) < 4.78 is 0. The largest absolute Gasteiger partial charge is 0.322 e. The number of benzene rings is 2. The molecule has 2 rings (SSSR count). The van der Waals surface area contributed by atoms with E-state index in [0.29, 0.717) is 5.92 Å². The average Bonchev–Trinajstić information content (AvgIpc) is 2.38. The monoisotopic (exact) mass is 275 g/mol. The molecule has 0 saturated carbocycles. The Morgan fingerprint density at radius 1 is 0.895 bits per heavy atom. The quantitative estimate of drug-likeness (QED) is 0.880. The fourth-order valence-corrected chi connectivity index (χ4v) is 2.38. The van der Waals surface area contributed by atoms with Crippen LogP contribution in [-0.2, 0) is 5.54 Å². The molecule has 0 aromatic heterocycles. The first-order chi connectivity index (χ1) is 8.50. The van der Waals surface area contributed by atoms with Gasteiger partial charge >= 0.3 is 0 Å².